The van der Waals surface area contributed by atoms with Crippen molar-refractivity contribution < 1.29 is 33.3 Å². The molecule has 4 aliphatic heterocycles. The fraction of sp³-hybridized carbons (Fsp3) is 0.652. The molecule has 10 nitrogen and oxygen atoms in total. The normalized spacial score (nSPS) is 31.8. The van der Waals surface area contributed by atoms with Crippen LogP contribution >= 0.6 is 0 Å². The number of alkyl carbamates (subject to hydrolysis) is 1. The highest BCUT2D eigenvalue weighted by Gasteiger charge is 2.60. The van der Waals surface area contributed by atoms with Crippen molar-refractivity contribution in [1.82, 2.24) is 5.32 Å². The van der Waals surface area contributed by atoms with Gasteiger partial charge in [-0.25, -0.2) is 9.59 Å². The van der Waals surface area contributed by atoms with Crippen molar-refractivity contribution in [2.24, 2.45) is 21.6 Å². The molecular weight excluding hydrogens is 430 g/mol. The number of esters is 1. The zero-order valence-corrected chi connectivity index (χ0v) is 19.4. The minimum Gasteiger partial charge on any atom is -0.458 e. The van der Waals surface area contributed by atoms with E-state index in [0.717, 1.165) is 5.56 Å². The lowest BCUT2D eigenvalue weighted by molar-refractivity contribution is -0.476. The number of hydrogen-bond acceptors (Lipinski definition) is 9. The lowest BCUT2D eigenvalue weighted by Crippen LogP contribution is -2.70. The van der Waals surface area contributed by atoms with Crippen molar-refractivity contribution in [3.05, 3.63) is 35.9 Å². The van der Waals surface area contributed by atoms with Crippen molar-refractivity contribution in [1.29, 1.82) is 0 Å². The summed E-state index contributed by atoms with van der Waals surface area (Å²) in [5.41, 5.74) is -0.124. The Morgan fingerprint density at radius 3 is 2.39 bits per heavy atom. The van der Waals surface area contributed by atoms with E-state index in [1.807, 2.05) is 37.3 Å². The molecule has 1 amide bonds. The maximum atomic E-state index is 12.9. The molecule has 4 heterocycles. The van der Waals surface area contributed by atoms with Gasteiger partial charge in [0.15, 0.2) is 6.04 Å². The molecule has 5 rings (SSSR count). The molecular formula is C23H31N3O7. The summed E-state index contributed by atoms with van der Waals surface area (Å²) in [7, 11) is 0. The summed E-state index contributed by atoms with van der Waals surface area (Å²) in [6.07, 6.45) is -0.692. The van der Waals surface area contributed by atoms with Gasteiger partial charge in [0.25, 0.3) is 0 Å². The highest BCUT2D eigenvalue weighted by atomic mass is 16.9. The molecule has 10 heteroatoms. The minimum atomic E-state index is -1.57. The van der Waals surface area contributed by atoms with E-state index in [1.54, 1.807) is 20.8 Å². The molecule has 33 heavy (non-hydrogen) atoms. The summed E-state index contributed by atoms with van der Waals surface area (Å²) in [5, 5.41) is 11.0. The van der Waals surface area contributed by atoms with Crippen LogP contribution in [0.5, 0.6) is 0 Å². The monoisotopic (exact) mass is 461 g/mol. The van der Waals surface area contributed by atoms with Gasteiger partial charge in [-0.1, -0.05) is 37.3 Å². The Morgan fingerprint density at radius 2 is 1.79 bits per heavy atom. The molecule has 3 atom stereocenters. The van der Waals surface area contributed by atoms with Crippen LogP contribution in [0.15, 0.2) is 40.6 Å². The van der Waals surface area contributed by atoms with Crippen LogP contribution in [0.3, 0.4) is 0 Å². The minimum absolute atomic E-state index is 0.0853. The Bertz CT molecular complexity index is 875. The van der Waals surface area contributed by atoms with Crippen molar-refractivity contribution in [3.63, 3.8) is 0 Å². The highest BCUT2D eigenvalue weighted by Crippen LogP contribution is 2.43. The Morgan fingerprint density at radius 1 is 1.15 bits per heavy atom. The van der Waals surface area contributed by atoms with E-state index in [-0.39, 0.29) is 18.6 Å². The number of nitrogens with one attached hydrogen (secondary N) is 1. The van der Waals surface area contributed by atoms with Crippen molar-refractivity contribution >= 4 is 12.1 Å². The molecule has 2 bridgehead atoms. The van der Waals surface area contributed by atoms with Gasteiger partial charge in [-0.15, -0.1) is 0 Å². The van der Waals surface area contributed by atoms with E-state index in [9.17, 15) is 9.59 Å². The predicted octanol–water partition coefficient (Wildman–Crippen LogP) is 2.81. The molecule has 0 aliphatic carbocycles. The molecule has 1 aromatic carbocycles. The number of nitrogens with zero attached hydrogens (tertiary/aromatic N) is 2. The first-order valence-corrected chi connectivity index (χ1v) is 11.1. The summed E-state index contributed by atoms with van der Waals surface area (Å²) in [6, 6.07) is 7.48. The largest absolute Gasteiger partial charge is 0.458 e. The molecule has 0 saturated carbocycles. The van der Waals surface area contributed by atoms with Gasteiger partial charge in [0.05, 0.1) is 26.4 Å². The van der Waals surface area contributed by atoms with Crippen LogP contribution in [-0.2, 0) is 35.1 Å². The molecule has 1 aromatic rings. The van der Waals surface area contributed by atoms with Gasteiger partial charge in [-0.3, -0.25) is 0 Å². The van der Waals surface area contributed by atoms with Crippen molar-refractivity contribution in [2.45, 2.75) is 58.0 Å². The van der Waals surface area contributed by atoms with Crippen LogP contribution in [0.25, 0.3) is 0 Å². The third-order valence-electron chi connectivity index (χ3n) is 5.71. The lowest BCUT2D eigenvalue weighted by atomic mass is 9.86. The van der Waals surface area contributed by atoms with Gasteiger partial charge in [-0.05, 0) is 26.3 Å². The summed E-state index contributed by atoms with van der Waals surface area (Å²) < 4.78 is 28.9. The summed E-state index contributed by atoms with van der Waals surface area (Å²) in [4.78, 5) is 25.7. The van der Waals surface area contributed by atoms with E-state index >= 15 is 0 Å². The number of ether oxygens (including phenoxy) is 5. The van der Waals surface area contributed by atoms with Crippen LogP contribution in [0.1, 0.15) is 33.3 Å². The second-order valence-electron chi connectivity index (χ2n) is 10.0. The fourth-order valence-corrected chi connectivity index (χ4v) is 3.98. The molecule has 4 aliphatic rings. The molecule has 1 N–H and O–H groups in total. The third kappa shape index (κ3) is 5.34. The van der Waals surface area contributed by atoms with Gasteiger partial charge < -0.3 is 29.0 Å². The highest BCUT2D eigenvalue weighted by molar-refractivity contribution is 5.77. The average molecular weight is 462 g/mol. The van der Waals surface area contributed by atoms with E-state index in [1.165, 1.54) is 0 Å². The van der Waals surface area contributed by atoms with E-state index in [0.29, 0.717) is 19.8 Å². The summed E-state index contributed by atoms with van der Waals surface area (Å²) >= 11 is 0. The summed E-state index contributed by atoms with van der Waals surface area (Å²) in [5.74, 6) is -2.71. The topological polar surface area (TPSA) is 117 Å². The predicted molar refractivity (Wildman–Crippen MR) is 115 cm³/mol. The molecule has 3 fully saturated rings. The second-order valence-corrected chi connectivity index (χ2v) is 10.0. The molecule has 0 unspecified atom stereocenters. The molecule has 0 aromatic heterocycles. The van der Waals surface area contributed by atoms with Gasteiger partial charge >= 0.3 is 18.0 Å². The standard InChI is InChI=1S/C23H31N3O7/c1-21(2,3)33-19(27)17-16(10-24-26-17)18(23-30-12-22(4,13-31-23)14-32-23)25-20(28)29-11-15-8-6-5-7-9-15/h5-9,16-18H,10-14H2,1-4H3,(H,25,28)/t16-,17-,18+,22?,23?/m1/s1. The smallest absolute Gasteiger partial charge is 0.407 e. The first-order valence-electron chi connectivity index (χ1n) is 11.1. The van der Waals surface area contributed by atoms with Crippen LogP contribution in [0, 0.1) is 11.3 Å². The van der Waals surface area contributed by atoms with Crippen LogP contribution in [-0.4, -0.2) is 62.1 Å². The number of benzene rings is 1. The van der Waals surface area contributed by atoms with Crippen LogP contribution < -0.4 is 5.32 Å². The Balaban J connectivity index is 1.53. The number of carbonyl (C=O) groups excluding carboxylic acids is 2. The van der Waals surface area contributed by atoms with E-state index in [4.69, 9.17) is 23.7 Å². The SMILES string of the molecule is CC12COC([C@@H](NC(=O)OCc3ccccc3)[C@@H]3CN=N[C@H]3C(=O)OC(C)(C)C)(OC1)OC2. The number of azo groups is 1. The summed E-state index contributed by atoms with van der Waals surface area (Å²) in [6.45, 7) is 8.76. The van der Waals surface area contributed by atoms with E-state index < -0.39 is 41.6 Å². The number of amides is 1. The number of rotatable bonds is 6. The first kappa shape index (κ1) is 23.6. The zero-order chi connectivity index (χ0) is 23.7. The first-order chi connectivity index (χ1) is 15.6. The number of carbonyl (C=O) groups is 2. The Labute approximate surface area is 193 Å². The quantitative estimate of drug-likeness (QED) is 0.648. The molecule has 0 spiro atoms. The Hall–Kier alpha value is -2.56. The van der Waals surface area contributed by atoms with Crippen molar-refractivity contribution in [2.75, 3.05) is 26.4 Å². The number of hydrogen-bond donors (Lipinski definition) is 1. The van der Waals surface area contributed by atoms with Crippen LogP contribution in [0.2, 0.25) is 0 Å². The Kier molecular flexibility index (Phi) is 6.43. The van der Waals surface area contributed by atoms with Gasteiger partial charge in [0, 0.05) is 11.3 Å². The fourth-order valence-electron chi connectivity index (χ4n) is 3.98. The molecule has 0 radical (unpaired) electrons. The molecule has 3 saturated heterocycles. The third-order valence-corrected chi connectivity index (χ3v) is 5.71. The maximum Gasteiger partial charge on any atom is 0.407 e. The van der Waals surface area contributed by atoms with Gasteiger partial charge in [0.1, 0.15) is 18.2 Å². The zero-order valence-electron chi connectivity index (χ0n) is 19.4. The van der Waals surface area contributed by atoms with E-state index in [2.05, 4.69) is 15.5 Å². The maximum absolute atomic E-state index is 12.9. The van der Waals surface area contributed by atoms with Gasteiger partial charge in [-0.2, -0.15) is 10.2 Å². The van der Waals surface area contributed by atoms with Gasteiger partial charge in [0.2, 0.25) is 0 Å². The van der Waals surface area contributed by atoms with Crippen molar-refractivity contribution in [3.8, 4) is 0 Å². The second kappa shape index (κ2) is 9.00. The number of fused-ring (bicyclic) bond motifs is 3. The lowest BCUT2D eigenvalue weighted by Gasteiger charge is -2.53. The average Bonchev–Trinajstić information content (AvgIpc) is 3.26. The van der Waals surface area contributed by atoms with Crippen LogP contribution in [0.4, 0.5) is 4.79 Å². The molecule has 180 valence electrons.